The molecule has 1 unspecified atom stereocenters. The van der Waals surface area contributed by atoms with Crippen molar-refractivity contribution < 1.29 is 13.9 Å². The van der Waals surface area contributed by atoms with Gasteiger partial charge in [0.25, 0.3) is 0 Å². The third kappa shape index (κ3) is 4.59. The summed E-state index contributed by atoms with van der Waals surface area (Å²) in [6.45, 7) is 12.7. The minimum absolute atomic E-state index is 0.0915. The van der Waals surface area contributed by atoms with Crippen LogP contribution in [-0.4, -0.2) is 18.6 Å². The number of furan rings is 1. The van der Waals surface area contributed by atoms with Gasteiger partial charge in [0.2, 0.25) is 5.91 Å². The molecule has 3 rings (SSSR count). The number of hydrogen-bond acceptors (Lipinski definition) is 3. The van der Waals surface area contributed by atoms with Crippen LogP contribution in [0.2, 0.25) is 0 Å². The van der Waals surface area contributed by atoms with Gasteiger partial charge in [-0.1, -0.05) is 30.7 Å². The van der Waals surface area contributed by atoms with Gasteiger partial charge in [-0.25, -0.2) is 0 Å². The number of hydrogen-bond donors (Lipinski definition) is 1. The second kappa shape index (κ2) is 9.21. The van der Waals surface area contributed by atoms with E-state index in [1.807, 2.05) is 26.8 Å². The Morgan fingerprint density at radius 2 is 1.93 bits per heavy atom. The Bertz CT molecular complexity index is 1090. The monoisotopic (exact) mass is 405 g/mol. The van der Waals surface area contributed by atoms with E-state index in [4.69, 9.17) is 9.15 Å². The predicted octanol–water partition coefficient (Wildman–Crippen LogP) is 6.43. The van der Waals surface area contributed by atoms with E-state index in [0.717, 1.165) is 45.4 Å². The summed E-state index contributed by atoms with van der Waals surface area (Å²) in [5.74, 6) is 0.628. The van der Waals surface area contributed by atoms with E-state index in [0.29, 0.717) is 6.61 Å². The number of carbonyl (C=O) groups is 1. The lowest BCUT2D eigenvalue weighted by Crippen LogP contribution is -2.30. The number of nitrogens with one attached hydrogen (secondary N) is 1. The summed E-state index contributed by atoms with van der Waals surface area (Å²) in [5, 5.41) is 4.00. The van der Waals surface area contributed by atoms with Crippen molar-refractivity contribution in [1.82, 2.24) is 5.32 Å². The van der Waals surface area contributed by atoms with Crippen molar-refractivity contribution in [2.75, 3.05) is 6.61 Å². The Hall–Kier alpha value is -3.01. The summed E-state index contributed by atoms with van der Waals surface area (Å²) in [6.07, 6.45) is 4.34. The summed E-state index contributed by atoms with van der Waals surface area (Å²) in [6, 6.07) is 10.6. The van der Waals surface area contributed by atoms with Gasteiger partial charge in [-0.15, -0.1) is 0 Å². The summed E-state index contributed by atoms with van der Waals surface area (Å²) >= 11 is 0. The average molecular weight is 406 g/mol. The smallest absolute Gasteiger partial charge is 0.244 e. The molecule has 1 atom stereocenters. The molecule has 3 aromatic rings. The van der Waals surface area contributed by atoms with E-state index < -0.39 is 0 Å². The van der Waals surface area contributed by atoms with Gasteiger partial charge >= 0.3 is 0 Å². The highest BCUT2D eigenvalue weighted by Crippen LogP contribution is 2.38. The van der Waals surface area contributed by atoms with Crippen molar-refractivity contribution in [3.8, 4) is 16.9 Å². The number of ether oxygens (including phenoxy) is 1. The Morgan fingerprint density at radius 1 is 1.17 bits per heavy atom. The Balaban J connectivity index is 2.10. The van der Waals surface area contributed by atoms with E-state index in [-0.39, 0.29) is 11.9 Å². The zero-order valence-corrected chi connectivity index (χ0v) is 18.8. The van der Waals surface area contributed by atoms with Crippen molar-refractivity contribution in [2.45, 2.75) is 54.0 Å². The second-order valence-corrected chi connectivity index (χ2v) is 7.89. The Morgan fingerprint density at radius 3 is 2.60 bits per heavy atom. The van der Waals surface area contributed by atoms with Crippen molar-refractivity contribution >= 4 is 22.4 Å². The summed E-state index contributed by atoms with van der Waals surface area (Å²) < 4.78 is 11.8. The maximum Gasteiger partial charge on any atom is 0.244 e. The van der Waals surface area contributed by atoms with Crippen molar-refractivity contribution in [3.63, 3.8) is 0 Å². The fourth-order valence-electron chi connectivity index (χ4n) is 3.62. The van der Waals surface area contributed by atoms with Crippen molar-refractivity contribution in [3.05, 3.63) is 59.4 Å². The molecule has 0 radical (unpaired) electrons. The number of amides is 1. The Kier molecular flexibility index (Phi) is 6.66. The molecule has 1 heterocycles. The first-order chi connectivity index (χ1) is 14.3. The molecule has 0 aliphatic carbocycles. The molecule has 0 saturated carbocycles. The average Bonchev–Trinajstić information content (AvgIpc) is 3.10. The lowest BCUT2D eigenvalue weighted by atomic mass is 9.96. The van der Waals surface area contributed by atoms with Crippen LogP contribution >= 0.6 is 0 Å². The van der Waals surface area contributed by atoms with Crippen molar-refractivity contribution in [1.29, 1.82) is 0 Å². The molecule has 1 amide bonds. The highest BCUT2D eigenvalue weighted by atomic mass is 16.5. The summed E-state index contributed by atoms with van der Waals surface area (Å²) in [4.78, 5) is 12.4. The molecule has 0 fully saturated rings. The lowest BCUT2D eigenvalue weighted by molar-refractivity contribution is -0.117. The molecule has 4 nitrogen and oxygen atoms in total. The number of aryl methyl sites for hydroxylation is 2. The highest BCUT2D eigenvalue weighted by molar-refractivity contribution is 6.00. The highest BCUT2D eigenvalue weighted by Gasteiger charge is 2.16. The van der Waals surface area contributed by atoms with Gasteiger partial charge in [0, 0.05) is 34.7 Å². The molecule has 30 heavy (non-hydrogen) atoms. The van der Waals surface area contributed by atoms with Crippen LogP contribution in [0, 0.1) is 13.8 Å². The lowest BCUT2D eigenvalue weighted by Gasteiger charge is -2.13. The third-order valence-electron chi connectivity index (χ3n) is 5.42. The van der Waals surface area contributed by atoms with Crippen LogP contribution in [0.25, 0.3) is 27.7 Å². The van der Waals surface area contributed by atoms with E-state index >= 15 is 0 Å². The van der Waals surface area contributed by atoms with Crippen LogP contribution in [0.5, 0.6) is 5.75 Å². The number of rotatable bonds is 7. The molecule has 0 aliphatic rings. The normalized spacial score (nSPS) is 12.8. The SMILES string of the molecule is CCOc1cc2occ(-c3ccc(C)cc3C)c2cc1/C(C)=C/C(=O)NC(C)CC. The van der Waals surface area contributed by atoms with Gasteiger partial charge in [-0.3, -0.25) is 4.79 Å². The number of carbonyl (C=O) groups excluding carboxylic acids is 1. The molecular weight excluding hydrogens is 374 g/mol. The first kappa shape index (κ1) is 21.7. The van der Waals surface area contributed by atoms with Crippen LogP contribution in [0.3, 0.4) is 0 Å². The fourth-order valence-corrected chi connectivity index (χ4v) is 3.62. The second-order valence-electron chi connectivity index (χ2n) is 7.89. The predicted molar refractivity (Wildman–Crippen MR) is 124 cm³/mol. The molecular formula is C26H31NO3. The molecule has 4 heteroatoms. The molecule has 0 bridgehead atoms. The topological polar surface area (TPSA) is 51.5 Å². The molecule has 2 aromatic carbocycles. The zero-order valence-electron chi connectivity index (χ0n) is 18.8. The van der Waals surface area contributed by atoms with Gasteiger partial charge in [-0.2, -0.15) is 0 Å². The van der Waals surface area contributed by atoms with Crippen LogP contribution in [-0.2, 0) is 4.79 Å². The molecule has 158 valence electrons. The van der Waals surface area contributed by atoms with E-state index in [1.165, 1.54) is 11.1 Å². The number of fused-ring (bicyclic) bond motifs is 1. The first-order valence-electron chi connectivity index (χ1n) is 10.6. The molecule has 1 N–H and O–H groups in total. The molecule has 0 spiro atoms. The standard InChI is InChI=1S/C26H31NO3/c1-7-19(6)27-26(28)12-18(5)21-13-22-23(20-10-9-16(3)11-17(20)4)15-30-25(22)14-24(21)29-8-2/h9-15,19H,7-8H2,1-6H3,(H,27,28)/b18-12+. The van der Waals surface area contributed by atoms with Crippen LogP contribution in [0.4, 0.5) is 0 Å². The van der Waals surface area contributed by atoms with Crippen molar-refractivity contribution in [2.24, 2.45) is 0 Å². The van der Waals surface area contributed by atoms with Gasteiger partial charge in [0.15, 0.2) is 0 Å². The third-order valence-corrected chi connectivity index (χ3v) is 5.42. The largest absolute Gasteiger partial charge is 0.493 e. The van der Waals surface area contributed by atoms with Crippen LogP contribution in [0.15, 0.2) is 47.1 Å². The van der Waals surface area contributed by atoms with Gasteiger partial charge in [0.1, 0.15) is 11.3 Å². The van der Waals surface area contributed by atoms with E-state index in [1.54, 1.807) is 12.3 Å². The molecule has 1 aromatic heterocycles. The first-order valence-corrected chi connectivity index (χ1v) is 10.6. The number of allylic oxidation sites excluding steroid dienone is 1. The quantitative estimate of drug-likeness (QED) is 0.461. The van der Waals surface area contributed by atoms with E-state index in [2.05, 4.69) is 50.4 Å². The molecule has 0 saturated heterocycles. The fraction of sp³-hybridized carbons (Fsp3) is 0.346. The summed E-state index contributed by atoms with van der Waals surface area (Å²) in [5.41, 5.74) is 7.15. The Labute approximate surface area is 178 Å². The van der Waals surface area contributed by atoms with Gasteiger partial charge < -0.3 is 14.5 Å². The van der Waals surface area contributed by atoms with Crippen LogP contribution in [0.1, 0.15) is 50.8 Å². The maximum absolute atomic E-state index is 12.4. The minimum atomic E-state index is -0.0915. The van der Waals surface area contributed by atoms with Gasteiger partial charge in [0.05, 0.1) is 12.9 Å². The maximum atomic E-state index is 12.4. The van der Waals surface area contributed by atoms with Crippen LogP contribution < -0.4 is 10.1 Å². The summed E-state index contributed by atoms with van der Waals surface area (Å²) in [7, 11) is 0. The van der Waals surface area contributed by atoms with E-state index in [9.17, 15) is 4.79 Å². The van der Waals surface area contributed by atoms with Gasteiger partial charge in [-0.05, 0) is 63.8 Å². The minimum Gasteiger partial charge on any atom is -0.493 e. The number of benzene rings is 2. The zero-order chi connectivity index (χ0) is 21.8. The molecule has 0 aliphatic heterocycles.